The van der Waals surface area contributed by atoms with Crippen molar-refractivity contribution in [1.29, 1.82) is 5.26 Å². The van der Waals surface area contributed by atoms with Gasteiger partial charge >= 0.3 is 0 Å². The van der Waals surface area contributed by atoms with Crippen molar-refractivity contribution < 1.29 is 13.2 Å². The van der Waals surface area contributed by atoms with E-state index in [0.29, 0.717) is 24.1 Å². The number of hydrogen-bond acceptors (Lipinski definition) is 6. The van der Waals surface area contributed by atoms with E-state index in [1.54, 1.807) is 11.3 Å². The highest BCUT2D eigenvalue weighted by atomic mass is 32.2. The molecule has 0 bridgehead atoms. The van der Waals surface area contributed by atoms with E-state index in [0.717, 1.165) is 16.3 Å². The van der Waals surface area contributed by atoms with Crippen LogP contribution < -0.4 is 5.32 Å². The van der Waals surface area contributed by atoms with Gasteiger partial charge in [-0.15, -0.1) is 11.3 Å². The first-order valence-corrected chi connectivity index (χ1v) is 12.5. The van der Waals surface area contributed by atoms with Gasteiger partial charge in [-0.05, 0) is 56.2 Å². The number of benzene rings is 2. The lowest BCUT2D eigenvalue weighted by Gasteiger charge is -2.30. The van der Waals surface area contributed by atoms with Crippen LogP contribution in [0.3, 0.4) is 0 Å². The molecule has 164 valence electrons. The van der Waals surface area contributed by atoms with Crippen molar-refractivity contribution in [2.75, 3.05) is 18.4 Å². The lowest BCUT2D eigenvalue weighted by molar-refractivity contribution is -0.120. The van der Waals surface area contributed by atoms with E-state index >= 15 is 0 Å². The van der Waals surface area contributed by atoms with Gasteiger partial charge in [0.15, 0.2) is 0 Å². The monoisotopic (exact) mass is 466 g/mol. The van der Waals surface area contributed by atoms with Crippen LogP contribution in [0.25, 0.3) is 11.3 Å². The molecule has 1 aromatic heterocycles. The van der Waals surface area contributed by atoms with E-state index in [-0.39, 0.29) is 29.8 Å². The molecule has 1 aliphatic heterocycles. The van der Waals surface area contributed by atoms with Gasteiger partial charge in [0.1, 0.15) is 0 Å². The number of sulfonamides is 1. The predicted octanol–water partition coefficient (Wildman–Crippen LogP) is 4.03. The number of carbonyl (C=O) groups is 1. The summed E-state index contributed by atoms with van der Waals surface area (Å²) in [6.45, 7) is 2.50. The number of anilines is 1. The summed E-state index contributed by atoms with van der Waals surface area (Å²) in [5.41, 5.74) is 2.93. The first-order valence-electron chi connectivity index (χ1n) is 10.2. The summed E-state index contributed by atoms with van der Waals surface area (Å²) in [5.74, 6) is -0.361. The molecule has 32 heavy (non-hydrogen) atoms. The maximum atomic E-state index is 12.9. The largest absolute Gasteiger partial charge is 0.326 e. The van der Waals surface area contributed by atoms with Crippen molar-refractivity contribution in [3.8, 4) is 17.3 Å². The molecule has 1 N–H and O–H groups in total. The summed E-state index contributed by atoms with van der Waals surface area (Å²) in [6.07, 6.45) is 0.901. The van der Waals surface area contributed by atoms with Gasteiger partial charge in [-0.2, -0.15) is 9.57 Å². The van der Waals surface area contributed by atoms with Crippen LogP contribution in [0.1, 0.15) is 23.4 Å². The highest BCUT2D eigenvalue weighted by Gasteiger charge is 2.32. The number of aromatic nitrogens is 1. The number of hydrogen-bond donors (Lipinski definition) is 1. The average Bonchev–Trinajstić information content (AvgIpc) is 3.25. The predicted molar refractivity (Wildman–Crippen MR) is 124 cm³/mol. The lowest BCUT2D eigenvalue weighted by atomic mass is 9.97. The van der Waals surface area contributed by atoms with E-state index in [9.17, 15) is 13.2 Å². The molecular formula is C23H22N4O3S2. The number of aryl methyl sites for hydroxylation is 1. The van der Waals surface area contributed by atoms with Gasteiger partial charge in [-0.25, -0.2) is 13.4 Å². The van der Waals surface area contributed by atoms with Crippen molar-refractivity contribution in [2.24, 2.45) is 5.92 Å². The molecule has 0 radical (unpaired) electrons. The van der Waals surface area contributed by atoms with Crippen LogP contribution in [-0.2, 0) is 14.8 Å². The SMILES string of the molecule is Cc1nc(-c2cccc(NC(=O)C3CCN(S(=O)(=O)c4ccc(C#N)cc4)CC3)c2)cs1. The van der Waals surface area contributed by atoms with Crippen molar-refractivity contribution in [3.05, 3.63) is 64.5 Å². The van der Waals surface area contributed by atoms with Gasteiger partial charge in [0.2, 0.25) is 15.9 Å². The van der Waals surface area contributed by atoms with Gasteiger partial charge in [0, 0.05) is 35.6 Å². The third-order valence-corrected chi connectivity index (χ3v) is 8.18. The highest BCUT2D eigenvalue weighted by Crippen LogP contribution is 2.27. The molecule has 1 saturated heterocycles. The van der Waals surface area contributed by atoms with Crippen LogP contribution in [-0.4, -0.2) is 36.7 Å². The molecule has 0 aliphatic carbocycles. The molecule has 1 fully saturated rings. The topological polar surface area (TPSA) is 103 Å². The fourth-order valence-electron chi connectivity index (χ4n) is 3.71. The summed E-state index contributed by atoms with van der Waals surface area (Å²) in [7, 11) is -3.64. The number of nitriles is 1. The molecule has 0 spiro atoms. The second-order valence-electron chi connectivity index (χ2n) is 7.64. The Morgan fingerprint density at radius 3 is 2.53 bits per heavy atom. The number of carbonyl (C=O) groups excluding carboxylic acids is 1. The smallest absolute Gasteiger partial charge is 0.243 e. The molecule has 0 atom stereocenters. The molecule has 1 aliphatic rings. The van der Waals surface area contributed by atoms with Gasteiger partial charge in [0.05, 0.1) is 27.2 Å². The molecule has 2 aromatic carbocycles. The summed E-state index contributed by atoms with van der Waals surface area (Å²) in [6, 6.07) is 15.4. The van der Waals surface area contributed by atoms with Crippen LogP contribution in [0, 0.1) is 24.2 Å². The normalized spacial score (nSPS) is 15.2. The molecule has 3 aromatic rings. The number of rotatable bonds is 5. The summed E-state index contributed by atoms with van der Waals surface area (Å²) in [5, 5.41) is 14.8. The Bertz CT molecular complexity index is 1270. The average molecular weight is 467 g/mol. The summed E-state index contributed by atoms with van der Waals surface area (Å²) < 4.78 is 27.1. The molecule has 2 heterocycles. The van der Waals surface area contributed by atoms with Crippen LogP contribution >= 0.6 is 11.3 Å². The summed E-state index contributed by atoms with van der Waals surface area (Å²) in [4.78, 5) is 17.4. The van der Waals surface area contributed by atoms with Gasteiger partial charge in [0.25, 0.3) is 0 Å². The number of thiazole rings is 1. The Labute approximate surface area is 191 Å². The Morgan fingerprint density at radius 2 is 1.91 bits per heavy atom. The quantitative estimate of drug-likeness (QED) is 0.611. The van der Waals surface area contributed by atoms with E-state index in [1.165, 1.54) is 28.6 Å². The molecule has 0 saturated carbocycles. The first-order chi connectivity index (χ1) is 15.4. The molecular weight excluding hydrogens is 444 g/mol. The van der Waals surface area contributed by atoms with Crippen molar-refractivity contribution >= 4 is 33.0 Å². The molecule has 1 amide bonds. The second kappa shape index (κ2) is 9.20. The highest BCUT2D eigenvalue weighted by molar-refractivity contribution is 7.89. The Balaban J connectivity index is 1.38. The molecule has 7 nitrogen and oxygen atoms in total. The van der Waals surface area contributed by atoms with Crippen molar-refractivity contribution in [2.45, 2.75) is 24.7 Å². The minimum Gasteiger partial charge on any atom is -0.326 e. The van der Waals surface area contributed by atoms with Crippen LogP contribution in [0.2, 0.25) is 0 Å². The third-order valence-electron chi connectivity index (χ3n) is 5.49. The minimum absolute atomic E-state index is 0.105. The Morgan fingerprint density at radius 1 is 1.19 bits per heavy atom. The molecule has 4 rings (SSSR count). The van der Waals surface area contributed by atoms with Crippen LogP contribution in [0.15, 0.2) is 58.8 Å². The van der Waals surface area contributed by atoms with Crippen LogP contribution in [0.5, 0.6) is 0 Å². The fraction of sp³-hybridized carbons (Fsp3) is 0.261. The maximum absolute atomic E-state index is 12.9. The second-order valence-corrected chi connectivity index (χ2v) is 10.6. The zero-order valence-electron chi connectivity index (χ0n) is 17.5. The number of nitrogens with one attached hydrogen (secondary N) is 1. The first kappa shape index (κ1) is 22.1. The fourth-order valence-corrected chi connectivity index (χ4v) is 5.80. The van der Waals surface area contributed by atoms with Gasteiger partial charge in [-0.3, -0.25) is 4.79 Å². The Kier molecular flexibility index (Phi) is 6.37. The summed E-state index contributed by atoms with van der Waals surface area (Å²) >= 11 is 1.58. The van der Waals surface area contributed by atoms with E-state index in [1.807, 2.05) is 42.6 Å². The standard InChI is InChI=1S/C23H22N4O3S2/c1-16-25-22(15-31-16)19-3-2-4-20(13-19)26-23(28)18-9-11-27(12-10-18)32(29,30)21-7-5-17(14-24)6-8-21/h2-8,13,15,18H,9-12H2,1H3,(H,26,28). The zero-order chi connectivity index (χ0) is 22.7. The van der Waals surface area contributed by atoms with Gasteiger partial charge < -0.3 is 5.32 Å². The number of nitrogens with zero attached hydrogens (tertiary/aromatic N) is 3. The maximum Gasteiger partial charge on any atom is 0.243 e. The van der Waals surface area contributed by atoms with Crippen molar-refractivity contribution in [1.82, 2.24) is 9.29 Å². The Hall–Kier alpha value is -3.06. The zero-order valence-corrected chi connectivity index (χ0v) is 19.1. The number of piperidine rings is 1. The van der Waals surface area contributed by atoms with Crippen molar-refractivity contribution in [3.63, 3.8) is 0 Å². The van der Waals surface area contributed by atoms with E-state index in [4.69, 9.17) is 5.26 Å². The minimum atomic E-state index is -3.64. The molecule has 9 heteroatoms. The van der Waals surface area contributed by atoms with E-state index < -0.39 is 10.0 Å². The van der Waals surface area contributed by atoms with E-state index in [2.05, 4.69) is 10.3 Å². The number of amides is 1. The third kappa shape index (κ3) is 4.72. The van der Waals surface area contributed by atoms with Gasteiger partial charge in [-0.1, -0.05) is 12.1 Å². The lowest BCUT2D eigenvalue weighted by Crippen LogP contribution is -2.41. The molecule has 0 unspecified atom stereocenters. The van der Waals surface area contributed by atoms with Crippen LogP contribution in [0.4, 0.5) is 5.69 Å².